The Kier molecular flexibility index (Phi) is 3.27. The van der Waals surface area contributed by atoms with Crippen molar-refractivity contribution in [1.29, 1.82) is 0 Å². The normalized spacial score (nSPS) is 16.1. The number of benzene rings is 1. The molecule has 0 unspecified atom stereocenters. The van der Waals surface area contributed by atoms with E-state index in [9.17, 15) is 13.2 Å². The first kappa shape index (κ1) is 12.8. The van der Waals surface area contributed by atoms with Gasteiger partial charge in [-0.25, -0.2) is 5.14 Å². The Morgan fingerprint density at radius 3 is 2.61 bits per heavy atom. The Bertz CT molecular complexity index is 583. The Morgan fingerprint density at radius 1 is 1.39 bits per heavy atom. The van der Waals surface area contributed by atoms with Gasteiger partial charge in [-0.1, -0.05) is 0 Å². The van der Waals surface area contributed by atoms with Crippen molar-refractivity contribution in [2.45, 2.75) is 19.8 Å². The summed E-state index contributed by atoms with van der Waals surface area (Å²) in [4.78, 5) is 13.4. The van der Waals surface area contributed by atoms with Gasteiger partial charge in [-0.05, 0) is 37.1 Å². The molecule has 7 heteroatoms. The lowest BCUT2D eigenvalue weighted by Gasteiger charge is -2.19. The van der Waals surface area contributed by atoms with Crippen LogP contribution in [0.5, 0.6) is 0 Å². The molecule has 0 radical (unpaired) electrons. The van der Waals surface area contributed by atoms with Gasteiger partial charge in [0.05, 0.1) is 5.69 Å². The first-order valence-electron chi connectivity index (χ1n) is 5.58. The van der Waals surface area contributed by atoms with E-state index in [0.717, 1.165) is 17.7 Å². The summed E-state index contributed by atoms with van der Waals surface area (Å²) in [6, 6.07) is 4.98. The predicted molar refractivity (Wildman–Crippen MR) is 69.5 cm³/mol. The maximum Gasteiger partial charge on any atom is 0.296 e. The van der Waals surface area contributed by atoms with Gasteiger partial charge in [-0.15, -0.1) is 0 Å². The average molecular weight is 269 g/mol. The van der Waals surface area contributed by atoms with E-state index in [1.807, 2.05) is 6.92 Å². The van der Waals surface area contributed by atoms with Gasteiger partial charge >= 0.3 is 0 Å². The summed E-state index contributed by atoms with van der Waals surface area (Å²) < 4.78 is 24.0. The fraction of sp³-hybridized carbons (Fsp3) is 0.364. The summed E-state index contributed by atoms with van der Waals surface area (Å²) in [5, 5.41) is 4.90. The lowest BCUT2D eigenvalue weighted by atomic mass is 10.1. The van der Waals surface area contributed by atoms with Crippen LogP contribution in [0.3, 0.4) is 0 Å². The van der Waals surface area contributed by atoms with Crippen molar-refractivity contribution in [3.05, 3.63) is 23.8 Å². The highest BCUT2D eigenvalue weighted by atomic mass is 32.2. The third kappa shape index (κ3) is 2.80. The number of carbonyl (C=O) groups is 1. The number of nitrogens with one attached hydrogen (secondary N) is 1. The third-order valence-corrected chi connectivity index (χ3v) is 3.34. The first-order chi connectivity index (χ1) is 8.37. The second-order valence-electron chi connectivity index (χ2n) is 4.30. The van der Waals surface area contributed by atoms with E-state index >= 15 is 0 Å². The highest BCUT2D eigenvalue weighted by Gasteiger charge is 2.22. The molecule has 0 saturated carbocycles. The summed E-state index contributed by atoms with van der Waals surface area (Å²) in [6.45, 7) is 2.54. The summed E-state index contributed by atoms with van der Waals surface area (Å²) in [5.41, 5.74) is 2.04. The van der Waals surface area contributed by atoms with Gasteiger partial charge in [0.15, 0.2) is 0 Å². The van der Waals surface area contributed by atoms with Gasteiger partial charge in [-0.2, -0.15) is 8.42 Å². The van der Waals surface area contributed by atoms with Crippen LogP contribution in [0, 0.1) is 6.92 Å². The van der Waals surface area contributed by atoms with Crippen molar-refractivity contribution in [1.82, 2.24) is 0 Å². The van der Waals surface area contributed by atoms with E-state index < -0.39 is 10.2 Å². The molecule has 1 amide bonds. The van der Waals surface area contributed by atoms with Crippen LogP contribution in [0.4, 0.5) is 11.4 Å². The predicted octanol–water partition coefficient (Wildman–Crippen LogP) is 0.737. The van der Waals surface area contributed by atoms with Crippen molar-refractivity contribution in [2.24, 2.45) is 5.14 Å². The van der Waals surface area contributed by atoms with Crippen LogP contribution in [-0.4, -0.2) is 20.9 Å². The summed E-state index contributed by atoms with van der Waals surface area (Å²) in [5.74, 6) is 0.102. The minimum absolute atomic E-state index is 0.102. The monoisotopic (exact) mass is 269 g/mol. The molecule has 18 heavy (non-hydrogen) atoms. The Hall–Kier alpha value is -1.60. The molecule has 1 fully saturated rings. The summed E-state index contributed by atoms with van der Waals surface area (Å²) in [6.07, 6.45) is 1.42. The number of amides is 1. The molecule has 0 aromatic heterocycles. The van der Waals surface area contributed by atoms with E-state index in [1.54, 1.807) is 23.1 Å². The molecule has 1 aliphatic rings. The minimum Gasteiger partial charge on any atom is -0.312 e. The lowest BCUT2D eigenvalue weighted by Crippen LogP contribution is -2.25. The Labute approximate surface area is 106 Å². The molecule has 0 spiro atoms. The SMILES string of the molecule is Cc1cc(NS(N)(=O)=O)ccc1N1CCCC1=O. The van der Waals surface area contributed by atoms with E-state index in [0.29, 0.717) is 18.7 Å². The third-order valence-electron chi connectivity index (χ3n) is 2.82. The summed E-state index contributed by atoms with van der Waals surface area (Å²) in [7, 11) is -3.77. The first-order valence-corrected chi connectivity index (χ1v) is 7.13. The van der Waals surface area contributed by atoms with Crippen LogP contribution in [0.2, 0.25) is 0 Å². The van der Waals surface area contributed by atoms with E-state index in [-0.39, 0.29) is 5.91 Å². The van der Waals surface area contributed by atoms with Gasteiger partial charge in [-0.3, -0.25) is 9.52 Å². The number of hydrogen-bond acceptors (Lipinski definition) is 3. The second kappa shape index (κ2) is 4.58. The molecule has 98 valence electrons. The maximum atomic E-state index is 11.6. The number of aryl methyl sites for hydroxylation is 1. The molecule has 3 N–H and O–H groups in total. The number of rotatable bonds is 3. The average Bonchev–Trinajstić information content (AvgIpc) is 2.62. The van der Waals surface area contributed by atoms with Crippen LogP contribution in [0.1, 0.15) is 18.4 Å². The van der Waals surface area contributed by atoms with Crippen LogP contribution in [0.25, 0.3) is 0 Å². The maximum absolute atomic E-state index is 11.6. The smallest absolute Gasteiger partial charge is 0.296 e. The topological polar surface area (TPSA) is 92.5 Å². The van der Waals surface area contributed by atoms with Crippen molar-refractivity contribution < 1.29 is 13.2 Å². The fourth-order valence-corrected chi connectivity index (χ4v) is 2.54. The molecule has 0 bridgehead atoms. The molecule has 1 saturated heterocycles. The minimum atomic E-state index is -3.77. The van der Waals surface area contributed by atoms with Crippen molar-refractivity contribution >= 4 is 27.5 Å². The van der Waals surface area contributed by atoms with E-state index in [1.165, 1.54) is 0 Å². The zero-order chi connectivity index (χ0) is 13.3. The molecular formula is C11H15N3O3S. The highest BCUT2D eigenvalue weighted by molar-refractivity contribution is 7.90. The van der Waals surface area contributed by atoms with Crippen molar-refractivity contribution in [3.63, 3.8) is 0 Å². The van der Waals surface area contributed by atoms with Gasteiger partial charge in [0.2, 0.25) is 5.91 Å². The molecule has 1 aromatic carbocycles. The second-order valence-corrected chi connectivity index (χ2v) is 5.59. The lowest BCUT2D eigenvalue weighted by molar-refractivity contribution is -0.117. The molecule has 0 aliphatic carbocycles. The van der Waals surface area contributed by atoms with Crippen molar-refractivity contribution in [2.75, 3.05) is 16.2 Å². The van der Waals surface area contributed by atoms with Gasteiger partial charge in [0.1, 0.15) is 0 Å². The fourth-order valence-electron chi connectivity index (χ4n) is 2.09. The number of nitrogens with zero attached hydrogens (tertiary/aromatic N) is 1. The summed E-state index contributed by atoms with van der Waals surface area (Å²) >= 11 is 0. The van der Waals surface area contributed by atoms with Gasteiger partial charge in [0.25, 0.3) is 10.2 Å². The number of hydrogen-bond donors (Lipinski definition) is 2. The van der Waals surface area contributed by atoms with Gasteiger partial charge in [0, 0.05) is 18.7 Å². The van der Waals surface area contributed by atoms with E-state index in [2.05, 4.69) is 4.72 Å². The number of carbonyl (C=O) groups excluding carboxylic acids is 1. The quantitative estimate of drug-likeness (QED) is 0.847. The van der Waals surface area contributed by atoms with Crippen LogP contribution >= 0.6 is 0 Å². The van der Waals surface area contributed by atoms with Crippen LogP contribution in [0.15, 0.2) is 18.2 Å². The van der Waals surface area contributed by atoms with Crippen LogP contribution < -0.4 is 14.8 Å². The molecule has 2 rings (SSSR count). The number of nitrogens with two attached hydrogens (primary N) is 1. The highest BCUT2D eigenvalue weighted by Crippen LogP contribution is 2.27. The molecular weight excluding hydrogens is 254 g/mol. The Morgan fingerprint density at radius 2 is 2.11 bits per heavy atom. The van der Waals surface area contributed by atoms with Gasteiger partial charge < -0.3 is 4.90 Å². The molecule has 1 aromatic rings. The molecule has 1 heterocycles. The van der Waals surface area contributed by atoms with Crippen molar-refractivity contribution in [3.8, 4) is 0 Å². The molecule has 0 atom stereocenters. The standard InChI is InChI=1S/C11H15N3O3S/c1-8-7-9(13-18(12,16)17)4-5-10(8)14-6-2-3-11(14)15/h4-5,7,13H,2-3,6H2,1H3,(H2,12,16,17). The molecule has 6 nitrogen and oxygen atoms in total. The Balaban J connectivity index is 2.28. The number of anilines is 2. The largest absolute Gasteiger partial charge is 0.312 e. The zero-order valence-electron chi connectivity index (χ0n) is 10.0. The zero-order valence-corrected chi connectivity index (χ0v) is 10.8. The van der Waals surface area contributed by atoms with E-state index in [4.69, 9.17) is 5.14 Å². The molecule has 1 aliphatic heterocycles. The van der Waals surface area contributed by atoms with Crippen LogP contribution in [-0.2, 0) is 15.0 Å².